The lowest BCUT2D eigenvalue weighted by molar-refractivity contribution is 0.387. The van der Waals surface area contributed by atoms with Gasteiger partial charge in [-0.15, -0.1) is 0 Å². The van der Waals surface area contributed by atoms with Gasteiger partial charge in [-0.1, -0.05) is 18.2 Å². The van der Waals surface area contributed by atoms with Gasteiger partial charge in [-0.05, 0) is 12.1 Å². The maximum absolute atomic E-state index is 10.5. The van der Waals surface area contributed by atoms with E-state index in [2.05, 4.69) is 0 Å². The van der Waals surface area contributed by atoms with E-state index in [1.165, 1.54) is 12.1 Å². The summed E-state index contributed by atoms with van der Waals surface area (Å²) in [7, 11) is -4.02. The minimum atomic E-state index is -4.02. The Kier molecular flexibility index (Phi) is 3.91. The zero-order valence-corrected chi connectivity index (χ0v) is 8.15. The van der Waals surface area contributed by atoms with Crippen LogP contribution in [0.2, 0.25) is 0 Å². The van der Waals surface area contributed by atoms with Crippen molar-refractivity contribution in [1.82, 2.24) is 0 Å². The molecule has 2 N–H and O–H groups in total. The van der Waals surface area contributed by atoms with E-state index in [9.17, 15) is 4.57 Å². The third-order valence-corrected chi connectivity index (χ3v) is 2.06. The van der Waals surface area contributed by atoms with Gasteiger partial charge < -0.3 is 9.79 Å². The van der Waals surface area contributed by atoms with Crippen LogP contribution in [-0.4, -0.2) is 9.79 Å². The van der Waals surface area contributed by atoms with E-state index >= 15 is 0 Å². The summed E-state index contributed by atoms with van der Waals surface area (Å²) < 4.78 is 10.5. The molecule has 1 rings (SSSR count). The van der Waals surface area contributed by atoms with Gasteiger partial charge in [0.1, 0.15) is 0 Å². The quantitative estimate of drug-likeness (QED) is 0.638. The van der Waals surface area contributed by atoms with Gasteiger partial charge in [0.05, 0.1) is 5.30 Å². The van der Waals surface area contributed by atoms with E-state index < -0.39 is 7.60 Å². The first-order chi connectivity index (χ1) is 4.61. The summed E-state index contributed by atoms with van der Waals surface area (Å²) in [4.78, 5) is 17.2. The Morgan fingerprint density at radius 3 is 1.82 bits per heavy atom. The number of hydrogen-bond donors (Lipinski definition) is 2. The molecule has 5 heteroatoms. The monoisotopic (exact) mass is 192 g/mol. The van der Waals surface area contributed by atoms with Crippen molar-refractivity contribution in [3.05, 3.63) is 30.3 Å². The largest absolute Gasteiger partial charge is 0.356 e. The summed E-state index contributed by atoms with van der Waals surface area (Å²) in [6.07, 6.45) is 0. The molecule has 0 aliphatic heterocycles. The molecule has 0 aromatic heterocycles. The van der Waals surface area contributed by atoms with Gasteiger partial charge in [0.15, 0.2) is 0 Å². The lowest BCUT2D eigenvalue weighted by atomic mass is 10.4. The average Bonchev–Trinajstić information content (AvgIpc) is 1.88. The van der Waals surface area contributed by atoms with Crippen LogP contribution in [0.3, 0.4) is 0 Å². The molecule has 0 bridgehead atoms. The summed E-state index contributed by atoms with van der Waals surface area (Å²) in [5.41, 5.74) is 0. The molecule has 0 amide bonds. The van der Waals surface area contributed by atoms with Crippen molar-refractivity contribution in [2.45, 2.75) is 0 Å². The fourth-order valence-electron chi connectivity index (χ4n) is 0.622. The normalized spacial score (nSPS) is 10.4. The van der Waals surface area contributed by atoms with E-state index in [1.54, 1.807) is 18.2 Å². The molecule has 0 radical (unpaired) electrons. The second kappa shape index (κ2) is 3.99. The Hall–Kier alpha value is -0.200. The zero-order valence-electron chi connectivity index (χ0n) is 5.84. The van der Waals surface area contributed by atoms with Crippen LogP contribution >= 0.6 is 17.5 Å². The summed E-state index contributed by atoms with van der Waals surface area (Å²) in [6, 6.07) is 7.70. The average molecular weight is 192 g/mol. The molecule has 1 atom stereocenters. The minimum absolute atomic E-state index is 0. The molecule has 0 saturated heterocycles. The Morgan fingerprint density at radius 2 is 1.55 bits per heavy atom. The fraction of sp³-hybridized carbons (Fsp3) is 0. The van der Waals surface area contributed by atoms with Crippen LogP contribution < -0.4 is 5.30 Å². The van der Waals surface area contributed by atoms with Crippen LogP contribution in [0.5, 0.6) is 0 Å². The van der Waals surface area contributed by atoms with Crippen LogP contribution in [0.25, 0.3) is 0 Å². The minimum Gasteiger partial charge on any atom is -0.321 e. The summed E-state index contributed by atoms with van der Waals surface area (Å²) >= 11 is 0. The number of rotatable bonds is 1. The maximum atomic E-state index is 10.5. The van der Waals surface area contributed by atoms with Gasteiger partial charge in [0.2, 0.25) is 0 Å². The third-order valence-electron chi connectivity index (χ3n) is 1.09. The highest BCUT2D eigenvalue weighted by atomic mass is 31.2. The number of benzene rings is 1. The summed E-state index contributed by atoms with van der Waals surface area (Å²) in [5.74, 6) is 0. The lowest BCUT2D eigenvalue weighted by Gasteiger charge is -2.00. The second-order valence-corrected chi connectivity index (χ2v) is 3.48. The molecule has 0 heterocycles. The van der Waals surface area contributed by atoms with Crippen molar-refractivity contribution in [3.8, 4) is 0 Å². The highest BCUT2D eigenvalue weighted by molar-refractivity contribution is 7.60. The van der Waals surface area contributed by atoms with Gasteiger partial charge in [-0.2, -0.15) is 9.90 Å². The molecule has 11 heavy (non-hydrogen) atoms. The summed E-state index contributed by atoms with van der Waals surface area (Å²) in [6.45, 7) is 0. The van der Waals surface area contributed by atoms with Crippen molar-refractivity contribution < 1.29 is 14.4 Å². The molecule has 0 aliphatic carbocycles. The predicted octanol–water partition coefficient (Wildman–Crippen LogP) is 0.548. The first-order valence-electron chi connectivity index (χ1n) is 2.72. The predicted molar refractivity (Wildman–Crippen MR) is 49.2 cm³/mol. The highest BCUT2D eigenvalue weighted by Gasteiger charge is 2.14. The van der Waals surface area contributed by atoms with Crippen LogP contribution in [0, 0.1) is 0 Å². The van der Waals surface area contributed by atoms with E-state index in [1.807, 2.05) is 0 Å². The second-order valence-electron chi connectivity index (χ2n) is 1.88. The highest BCUT2D eigenvalue weighted by Crippen LogP contribution is 2.32. The van der Waals surface area contributed by atoms with E-state index in [4.69, 9.17) is 9.79 Å². The van der Waals surface area contributed by atoms with Crippen LogP contribution in [-0.2, 0) is 4.57 Å². The van der Waals surface area contributed by atoms with Crippen molar-refractivity contribution in [3.63, 3.8) is 0 Å². The van der Waals surface area contributed by atoms with Crippen molar-refractivity contribution in [2.75, 3.05) is 0 Å². The first-order valence-corrected chi connectivity index (χ1v) is 4.33. The molecule has 3 nitrogen and oxygen atoms in total. The molecule has 1 aromatic carbocycles. The first kappa shape index (κ1) is 10.8. The Balaban J connectivity index is 0.000001000. The molecule has 1 unspecified atom stereocenters. The third kappa shape index (κ3) is 3.13. The number of hydrogen-bond acceptors (Lipinski definition) is 1. The van der Waals surface area contributed by atoms with Crippen LogP contribution in [0.1, 0.15) is 0 Å². The molecule has 62 valence electrons. The smallest absolute Gasteiger partial charge is 0.321 e. The lowest BCUT2D eigenvalue weighted by Crippen LogP contribution is -2.01. The zero-order chi connectivity index (χ0) is 7.61. The molecule has 0 fully saturated rings. The van der Waals surface area contributed by atoms with Gasteiger partial charge in [-0.25, -0.2) is 0 Å². The molecule has 0 aliphatic rings. The Morgan fingerprint density at radius 1 is 1.09 bits per heavy atom. The van der Waals surface area contributed by atoms with E-state index in [-0.39, 0.29) is 15.2 Å². The van der Waals surface area contributed by atoms with Gasteiger partial charge in [-0.3, -0.25) is 4.57 Å². The standard InChI is InChI=1S/C6H7O3P.H3P/c7-10(8,9)6-4-2-1-3-5-6;/h1-5H,(H2,7,8,9);1H3. The molecule has 0 spiro atoms. The topological polar surface area (TPSA) is 57.5 Å². The van der Waals surface area contributed by atoms with E-state index in [0.29, 0.717) is 0 Å². The van der Waals surface area contributed by atoms with Crippen LogP contribution in [0.4, 0.5) is 0 Å². The van der Waals surface area contributed by atoms with Crippen molar-refractivity contribution in [1.29, 1.82) is 0 Å². The Bertz CT molecular complexity index is 254. The van der Waals surface area contributed by atoms with Crippen molar-refractivity contribution in [2.24, 2.45) is 0 Å². The van der Waals surface area contributed by atoms with Crippen molar-refractivity contribution >= 4 is 22.8 Å². The fourth-order valence-corrected chi connectivity index (χ4v) is 1.18. The van der Waals surface area contributed by atoms with Gasteiger partial charge in [0.25, 0.3) is 0 Å². The van der Waals surface area contributed by atoms with Gasteiger partial charge in [0, 0.05) is 0 Å². The summed E-state index contributed by atoms with van der Waals surface area (Å²) in [5, 5.41) is 0.0648. The molecule has 1 aromatic rings. The Labute approximate surface area is 68.2 Å². The maximum Gasteiger partial charge on any atom is 0.356 e. The SMILES string of the molecule is O=P(O)(O)c1ccccc1.P. The van der Waals surface area contributed by atoms with E-state index in [0.717, 1.165) is 0 Å². The molecule has 0 saturated carbocycles. The molecular weight excluding hydrogens is 182 g/mol. The van der Waals surface area contributed by atoms with Gasteiger partial charge >= 0.3 is 7.60 Å². The molecular formula is C6H10O3P2. The van der Waals surface area contributed by atoms with Crippen LogP contribution in [0.15, 0.2) is 30.3 Å².